The number of hydrogen-bond acceptors (Lipinski definition) is 4. The van der Waals surface area contributed by atoms with Crippen molar-refractivity contribution in [3.63, 3.8) is 0 Å². The van der Waals surface area contributed by atoms with E-state index in [1.807, 2.05) is 25.1 Å². The second-order valence-corrected chi connectivity index (χ2v) is 7.85. The maximum Gasteiger partial charge on any atom is 0.187 e. The molecule has 1 N–H and O–H groups in total. The maximum absolute atomic E-state index is 6.23. The Labute approximate surface area is 156 Å². The van der Waals surface area contributed by atoms with Crippen molar-refractivity contribution in [1.29, 1.82) is 0 Å². The highest BCUT2D eigenvalue weighted by atomic mass is 35.5. The minimum atomic E-state index is 0.763. The molecular formula is C20H19ClN2OS. The molecule has 3 aromatic rings. The molecule has 128 valence electrons. The second kappa shape index (κ2) is 6.36. The van der Waals surface area contributed by atoms with E-state index in [-0.39, 0.29) is 0 Å². The summed E-state index contributed by atoms with van der Waals surface area (Å²) < 4.78 is 5.46. The van der Waals surface area contributed by atoms with E-state index in [1.165, 1.54) is 16.0 Å². The summed E-state index contributed by atoms with van der Waals surface area (Å²) in [5.74, 6) is 0.949. The zero-order valence-corrected chi connectivity index (χ0v) is 16.0. The quantitative estimate of drug-likeness (QED) is 0.620. The molecule has 4 rings (SSSR count). The number of thiazole rings is 1. The maximum atomic E-state index is 6.23. The van der Waals surface area contributed by atoms with Crippen LogP contribution in [0.1, 0.15) is 21.6 Å². The number of aromatic nitrogens is 1. The van der Waals surface area contributed by atoms with Gasteiger partial charge in [0.05, 0.1) is 12.8 Å². The van der Waals surface area contributed by atoms with Crippen molar-refractivity contribution < 1.29 is 4.74 Å². The molecule has 25 heavy (non-hydrogen) atoms. The predicted molar refractivity (Wildman–Crippen MR) is 106 cm³/mol. The van der Waals surface area contributed by atoms with Gasteiger partial charge in [0.2, 0.25) is 0 Å². The van der Waals surface area contributed by atoms with Crippen LogP contribution in [0.2, 0.25) is 5.02 Å². The Hall–Kier alpha value is -2.04. The summed E-state index contributed by atoms with van der Waals surface area (Å²) in [7, 11) is 1.72. The number of ether oxygens (including phenoxy) is 1. The molecule has 1 heterocycles. The van der Waals surface area contributed by atoms with Crippen LogP contribution in [0.4, 0.5) is 10.8 Å². The van der Waals surface area contributed by atoms with E-state index in [2.05, 4.69) is 24.4 Å². The summed E-state index contributed by atoms with van der Waals surface area (Å²) in [6.07, 6.45) is 2.04. The molecule has 1 aromatic heterocycles. The van der Waals surface area contributed by atoms with Crippen LogP contribution in [0.5, 0.6) is 5.75 Å². The first-order chi connectivity index (χ1) is 12.0. The van der Waals surface area contributed by atoms with Crippen LogP contribution in [-0.4, -0.2) is 12.1 Å². The van der Waals surface area contributed by atoms with Gasteiger partial charge in [0.1, 0.15) is 5.75 Å². The third-order valence-electron chi connectivity index (χ3n) is 4.62. The number of methoxy groups -OCH3 is 1. The minimum absolute atomic E-state index is 0.763. The molecule has 0 bridgehead atoms. The van der Waals surface area contributed by atoms with Crippen molar-refractivity contribution in [2.75, 3.05) is 12.4 Å². The first kappa shape index (κ1) is 16.4. The molecule has 2 aromatic carbocycles. The molecule has 0 fully saturated rings. The van der Waals surface area contributed by atoms with E-state index in [1.54, 1.807) is 18.4 Å². The van der Waals surface area contributed by atoms with E-state index in [9.17, 15) is 0 Å². The third-order valence-corrected chi connectivity index (χ3v) is 6.06. The third kappa shape index (κ3) is 3.00. The zero-order valence-electron chi connectivity index (χ0n) is 14.4. The fraction of sp³-hybridized carbons (Fsp3) is 0.250. The van der Waals surface area contributed by atoms with Gasteiger partial charge in [-0.05, 0) is 67.6 Å². The summed E-state index contributed by atoms with van der Waals surface area (Å²) in [6.45, 7) is 4.08. The molecule has 5 heteroatoms. The standard InChI is InChI=1S/C20H19ClN2OS/c1-11-4-6-14(10-16(11)21)22-20-23-19-15-8-12(2)17(24-3)9-13(15)5-7-18(19)25-20/h4,6,8-10H,5,7H2,1-3H3,(H,22,23). The van der Waals surface area contributed by atoms with Gasteiger partial charge in [-0.3, -0.25) is 0 Å². The number of nitrogens with one attached hydrogen (secondary N) is 1. The Balaban J connectivity index is 1.70. The molecule has 0 saturated heterocycles. The highest BCUT2D eigenvalue weighted by Crippen LogP contribution is 2.41. The SMILES string of the molecule is COc1cc2c(cc1C)-c1nc(Nc3ccc(C)c(Cl)c3)sc1CC2. The summed E-state index contributed by atoms with van der Waals surface area (Å²) in [5, 5.41) is 5.07. The smallest absolute Gasteiger partial charge is 0.187 e. The second-order valence-electron chi connectivity index (χ2n) is 6.36. The molecule has 0 radical (unpaired) electrons. The van der Waals surface area contributed by atoms with Gasteiger partial charge in [-0.2, -0.15) is 0 Å². The van der Waals surface area contributed by atoms with Crippen molar-refractivity contribution in [2.45, 2.75) is 26.7 Å². The van der Waals surface area contributed by atoms with Gasteiger partial charge < -0.3 is 10.1 Å². The zero-order chi connectivity index (χ0) is 17.6. The van der Waals surface area contributed by atoms with Crippen LogP contribution < -0.4 is 10.1 Å². The van der Waals surface area contributed by atoms with Gasteiger partial charge in [-0.1, -0.05) is 17.7 Å². The summed E-state index contributed by atoms with van der Waals surface area (Å²) in [5.41, 5.74) is 6.81. The predicted octanol–water partition coefficient (Wildman–Crippen LogP) is 5.93. The lowest BCUT2D eigenvalue weighted by atomic mass is 9.91. The Bertz CT molecular complexity index is 965. The topological polar surface area (TPSA) is 34.1 Å². The fourth-order valence-corrected chi connectivity index (χ4v) is 4.38. The molecule has 0 atom stereocenters. The number of rotatable bonds is 3. The Morgan fingerprint density at radius 3 is 2.72 bits per heavy atom. The monoisotopic (exact) mass is 370 g/mol. The van der Waals surface area contributed by atoms with E-state index in [0.717, 1.165) is 51.3 Å². The average Bonchev–Trinajstić information content (AvgIpc) is 3.00. The van der Waals surface area contributed by atoms with E-state index < -0.39 is 0 Å². The molecular weight excluding hydrogens is 352 g/mol. The number of nitrogens with zero attached hydrogens (tertiary/aromatic N) is 1. The highest BCUT2D eigenvalue weighted by Gasteiger charge is 2.22. The molecule has 1 aliphatic carbocycles. The number of anilines is 2. The number of hydrogen-bond donors (Lipinski definition) is 1. The van der Waals surface area contributed by atoms with Crippen molar-refractivity contribution in [1.82, 2.24) is 4.98 Å². The molecule has 0 unspecified atom stereocenters. The van der Waals surface area contributed by atoms with Crippen LogP contribution in [0.25, 0.3) is 11.3 Å². The lowest BCUT2D eigenvalue weighted by molar-refractivity contribution is 0.411. The first-order valence-electron chi connectivity index (χ1n) is 8.26. The lowest BCUT2D eigenvalue weighted by Gasteiger charge is -2.17. The van der Waals surface area contributed by atoms with Gasteiger partial charge in [0.25, 0.3) is 0 Å². The molecule has 1 aliphatic rings. The number of halogens is 1. The van der Waals surface area contributed by atoms with Gasteiger partial charge >= 0.3 is 0 Å². The van der Waals surface area contributed by atoms with Crippen molar-refractivity contribution >= 4 is 33.8 Å². The van der Waals surface area contributed by atoms with E-state index in [0.29, 0.717) is 0 Å². The van der Waals surface area contributed by atoms with Crippen molar-refractivity contribution in [3.05, 3.63) is 56.9 Å². The van der Waals surface area contributed by atoms with Crippen LogP contribution >= 0.6 is 22.9 Å². The molecule has 0 amide bonds. The van der Waals surface area contributed by atoms with Gasteiger partial charge in [-0.15, -0.1) is 11.3 Å². The summed E-state index contributed by atoms with van der Waals surface area (Å²) in [4.78, 5) is 6.19. The Morgan fingerprint density at radius 1 is 1.12 bits per heavy atom. The molecule has 0 spiro atoms. The number of aryl methyl sites for hydroxylation is 4. The van der Waals surface area contributed by atoms with Crippen LogP contribution in [0.3, 0.4) is 0 Å². The van der Waals surface area contributed by atoms with Gasteiger partial charge in [-0.25, -0.2) is 4.98 Å². The van der Waals surface area contributed by atoms with Gasteiger partial charge in [0, 0.05) is 21.2 Å². The average molecular weight is 371 g/mol. The van der Waals surface area contributed by atoms with E-state index >= 15 is 0 Å². The van der Waals surface area contributed by atoms with E-state index in [4.69, 9.17) is 21.3 Å². The number of benzene rings is 2. The number of fused-ring (bicyclic) bond motifs is 3. The van der Waals surface area contributed by atoms with Crippen LogP contribution in [-0.2, 0) is 12.8 Å². The van der Waals surface area contributed by atoms with Crippen LogP contribution in [0.15, 0.2) is 30.3 Å². The van der Waals surface area contributed by atoms with Crippen LogP contribution in [0, 0.1) is 13.8 Å². The lowest BCUT2D eigenvalue weighted by Crippen LogP contribution is -2.03. The summed E-state index contributed by atoms with van der Waals surface area (Å²) in [6, 6.07) is 10.3. The minimum Gasteiger partial charge on any atom is -0.496 e. The summed E-state index contributed by atoms with van der Waals surface area (Å²) >= 11 is 7.95. The first-order valence-corrected chi connectivity index (χ1v) is 9.45. The Morgan fingerprint density at radius 2 is 1.96 bits per heavy atom. The molecule has 0 saturated carbocycles. The molecule has 0 aliphatic heterocycles. The Kier molecular flexibility index (Phi) is 4.18. The largest absolute Gasteiger partial charge is 0.496 e. The van der Waals surface area contributed by atoms with Crippen molar-refractivity contribution in [3.8, 4) is 17.0 Å². The highest BCUT2D eigenvalue weighted by molar-refractivity contribution is 7.16. The van der Waals surface area contributed by atoms with Gasteiger partial charge in [0.15, 0.2) is 5.13 Å². The van der Waals surface area contributed by atoms with Crippen molar-refractivity contribution in [2.24, 2.45) is 0 Å². The fourth-order valence-electron chi connectivity index (χ4n) is 3.20. The molecule has 3 nitrogen and oxygen atoms in total. The normalized spacial score (nSPS) is 12.5.